The topological polar surface area (TPSA) is 29.3 Å². The van der Waals surface area contributed by atoms with E-state index in [-0.39, 0.29) is 11.9 Å². The molecule has 20 heavy (non-hydrogen) atoms. The Bertz CT molecular complexity index is 588. The van der Waals surface area contributed by atoms with Gasteiger partial charge in [-0.25, -0.2) is 4.39 Å². The Morgan fingerprint density at radius 2 is 2.10 bits per heavy atom. The van der Waals surface area contributed by atoms with Crippen LogP contribution in [-0.2, 0) is 6.54 Å². The largest absolute Gasteiger partial charge is 0.329 e. The summed E-state index contributed by atoms with van der Waals surface area (Å²) in [6.07, 6.45) is 0. The predicted octanol–water partition coefficient (Wildman–Crippen LogP) is 4.54. The molecule has 0 bridgehead atoms. The van der Waals surface area contributed by atoms with Crippen LogP contribution in [0, 0.1) is 5.82 Å². The molecule has 2 N–H and O–H groups in total. The van der Waals surface area contributed by atoms with Gasteiger partial charge in [0.05, 0.1) is 3.79 Å². The van der Waals surface area contributed by atoms with Gasteiger partial charge in [0.15, 0.2) is 0 Å². The van der Waals surface area contributed by atoms with E-state index in [2.05, 4.69) is 48.2 Å². The van der Waals surface area contributed by atoms with Gasteiger partial charge in [-0.3, -0.25) is 4.90 Å². The van der Waals surface area contributed by atoms with Crippen LogP contribution in [0.25, 0.3) is 0 Å². The van der Waals surface area contributed by atoms with Crippen molar-refractivity contribution in [3.8, 4) is 0 Å². The van der Waals surface area contributed by atoms with Gasteiger partial charge in [-0.05, 0) is 58.2 Å². The first kappa shape index (κ1) is 16.1. The lowest BCUT2D eigenvalue weighted by Crippen LogP contribution is -2.30. The fourth-order valence-corrected chi connectivity index (χ4v) is 3.72. The minimum absolute atomic E-state index is 0.147. The summed E-state index contributed by atoms with van der Waals surface area (Å²) in [4.78, 5) is 2.07. The van der Waals surface area contributed by atoms with Gasteiger partial charge in [0.25, 0.3) is 0 Å². The Hall–Kier alpha value is -0.270. The minimum atomic E-state index is -0.220. The lowest BCUT2D eigenvalue weighted by atomic mass is 10.0. The maximum Gasteiger partial charge on any atom is 0.128 e. The van der Waals surface area contributed by atoms with E-state index in [4.69, 9.17) is 5.73 Å². The smallest absolute Gasteiger partial charge is 0.128 e. The van der Waals surface area contributed by atoms with Crippen LogP contribution >= 0.6 is 43.2 Å². The van der Waals surface area contributed by atoms with E-state index < -0.39 is 0 Å². The second-order valence-electron chi connectivity index (χ2n) is 4.59. The summed E-state index contributed by atoms with van der Waals surface area (Å²) in [6.45, 7) is 1.10. The summed E-state index contributed by atoms with van der Waals surface area (Å²) in [6, 6.07) is 6.89. The average Bonchev–Trinajstić information content (AvgIpc) is 2.80. The van der Waals surface area contributed by atoms with Crippen molar-refractivity contribution >= 4 is 43.2 Å². The maximum atomic E-state index is 14.0. The Morgan fingerprint density at radius 1 is 1.35 bits per heavy atom. The van der Waals surface area contributed by atoms with Crippen LogP contribution in [0.1, 0.15) is 17.2 Å². The summed E-state index contributed by atoms with van der Waals surface area (Å²) >= 11 is 8.48. The molecule has 0 fully saturated rings. The number of rotatable bonds is 5. The molecule has 1 aromatic heterocycles. The number of nitrogens with two attached hydrogens (primary N) is 1. The van der Waals surface area contributed by atoms with Crippen LogP contribution in [0.4, 0.5) is 4.39 Å². The molecule has 2 rings (SSSR count). The molecule has 0 saturated heterocycles. The molecule has 1 aromatic carbocycles. The van der Waals surface area contributed by atoms with Crippen LogP contribution in [-0.4, -0.2) is 18.5 Å². The molecule has 2 nitrogen and oxygen atoms in total. The summed E-state index contributed by atoms with van der Waals surface area (Å²) < 4.78 is 16.0. The molecule has 0 radical (unpaired) electrons. The van der Waals surface area contributed by atoms with Crippen LogP contribution < -0.4 is 5.73 Å². The Kier molecular flexibility index (Phi) is 5.74. The highest BCUT2D eigenvalue weighted by molar-refractivity contribution is 9.11. The Morgan fingerprint density at radius 3 is 2.70 bits per heavy atom. The van der Waals surface area contributed by atoms with Gasteiger partial charge >= 0.3 is 0 Å². The Labute approximate surface area is 139 Å². The first-order valence-corrected chi connectivity index (χ1v) is 8.56. The molecule has 108 valence electrons. The molecule has 1 unspecified atom stereocenters. The molecule has 1 heterocycles. The third-order valence-electron chi connectivity index (χ3n) is 3.13. The number of nitrogens with zero attached hydrogens (tertiary/aromatic N) is 1. The first-order valence-electron chi connectivity index (χ1n) is 6.09. The molecular weight excluding hydrogens is 407 g/mol. The van der Waals surface area contributed by atoms with Gasteiger partial charge in [-0.1, -0.05) is 15.9 Å². The van der Waals surface area contributed by atoms with Crippen LogP contribution in [0.15, 0.2) is 37.9 Å². The van der Waals surface area contributed by atoms with Gasteiger partial charge in [0.1, 0.15) is 5.82 Å². The molecular formula is C14H15Br2FN2S. The van der Waals surface area contributed by atoms with Gasteiger partial charge < -0.3 is 5.73 Å². The second-order valence-corrected chi connectivity index (χ2v) is 7.80. The zero-order valence-corrected chi connectivity index (χ0v) is 14.9. The van der Waals surface area contributed by atoms with E-state index in [1.54, 1.807) is 23.5 Å². The minimum Gasteiger partial charge on any atom is -0.329 e. The van der Waals surface area contributed by atoms with Crippen molar-refractivity contribution < 1.29 is 4.39 Å². The fourth-order valence-electron chi connectivity index (χ4n) is 2.14. The standard InChI is InChI=1S/C14H15Br2FN2S/c1-19(7-9-4-14(16)20-8-9)13(6-18)11-5-10(15)2-3-12(11)17/h2-5,8,13H,6-7,18H2,1H3. The molecule has 6 heteroatoms. The van der Waals surface area contributed by atoms with E-state index in [0.717, 1.165) is 14.8 Å². The van der Waals surface area contributed by atoms with Crippen molar-refractivity contribution in [2.45, 2.75) is 12.6 Å². The van der Waals surface area contributed by atoms with Crippen molar-refractivity contribution in [1.82, 2.24) is 4.90 Å². The zero-order valence-electron chi connectivity index (χ0n) is 10.9. The van der Waals surface area contributed by atoms with E-state index >= 15 is 0 Å². The SMILES string of the molecule is CN(Cc1csc(Br)c1)C(CN)c1cc(Br)ccc1F. The highest BCUT2D eigenvalue weighted by Crippen LogP contribution is 2.28. The van der Waals surface area contributed by atoms with Crippen LogP contribution in [0.2, 0.25) is 0 Å². The molecule has 2 aromatic rings. The third-order valence-corrected chi connectivity index (χ3v) is 5.17. The number of benzene rings is 1. The van der Waals surface area contributed by atoms with Crippen molar-refractivity contribution in [3.63, 3.8) is 0 Å². The van der Waals surface area contributed by atoms with Gasteiger partial charge in [-0.2, -0.15) is 0 Å². The number of hydrogen-bond acceptors (Lipinski definition) is 3. The van der Waals surface area contributed by atoms with Crippen molar-refractivity contribution in [1.29, 1.82) is 0 Å². The summed E-state index contributed by atoms with van der Waals surface area (Å²) in [5.74, 6) is -0.220. The molecule has 0 aliphatic carbocycles. The van der Waals surface area contributed by atoms with E-state index in [9.17, 15) is 4.39 Å². The fraction of sp³-hybridized carbons (Fsp3) is 0.286. The monoisotopic (exact) mass is 420 g/mol. The highest BCUT2D eigenvalue weighted by Gasteiger charge is 2.20. The molecule has 0 spiro atoms. The van der Waals surface area contributed by atoms with Crippen molar-refractivity contribution in [2.75, 3.05) is 13.6 Å². The molecule has 0 aliphatic heterocycles. The Balaban J connectivity index is 2.20. The highest BCUT2D eigenvalue weighted by atomic mass is 79.9. The van der Waals surface area contributed by atoms with Gasteiger partial charge in [0.2, 0.25) is 0 Å². The quantitative estimate of drug-likeness (QED) is 0.767. The second kappa shape index (κ2) is 7.13. The zero-order chi connectivity index (χ0) is 14.7. The van der Waals surface area contributed by atoms with Gasteiger partial charge in [-0.15, -0.1) is 11.3 Å². The van der Waals surface area contributed by atoms with E-state index in [1.165, 1.54) is 11.6 Å². The number of likely N-dealkylation sites (N-methyl/N-ethyl adjacent to an activating group) is 1. The lowest BCUT2D eigenvalue weighted by Gasteiger charge is -2.27. The van der Waals surface area contributed by atoms with Crippen LogP contribution in [0.3, 0.4) is 0 Å². The van der Waals surface area contributed by atoms with Crippen molar-refractivity contribution in [3.05, 3.63) is 54.8 Å². The molecule has 0 amide bonds. The molecule has 0 aliphatic rings. The summed E-state index contributed by atoms with van der Waals surface area (Å²) in [7, 11) is 1.96. The molecule has 1 atom stereocenters. The predicted molar refractivity (Wildman–Crippen MR) is 89.4 cm³/mol. The number of halogens is 3. The average molecular weight is 422 g/mol. The summed E-state index contributed by atoms with van der Waals surface area (Å²) in [5, 5.41) is 2.09. The normalized spacial score (nSPS) is 12.9. The van der Waals surface area contributed by atoms with Gasteiger partial charge in [0, 0.05) is 29.2 Å². The number of hydrogen-bond donors (Lipinski definition) is 1. The maximum absolute atomic E-state index is 14.0. The lowest BCUT2D eigenvalue weighted by molar-refractivity contribution is 0.237. The van der Waals surface area contributed by atoms with Crippen molar-refractivity contribution in [2.24, 2.45) is 5.73 Å². The van der Waals surface area contributed by atoms with E-state index in [0.29, 0.717) is 12.1 Å². The molecule has 0 saturated carbocycles. The first-order chi connectivity index (χ1) is 9.51. The van der Waals surface area contributed by atoms with Crippen LogP contribution in [0.5, 0.6) is 0 Å². The van der Waals surface area contributed by atoms with E-state index in [1.807, 2.05) is 7.05 Å². The summed E-state index contributed by atoms with van der Waals surface area (Å²) in [5.41, 5.74) is 7.67. The number of thiophene rings is 1. The third kappa shape index (κ3) is 3.89.